The number of nitrogens with zero attached hydrogens (tertiary/aromatic N) is 4. The molecule has 0 aromatic rings. The second-order valence-electron chi connectivity index (χ2n) is 14.0. The van der Waals surface area contributed by atoms with Crippen LogP contribution in [0.3, 0.4) is 0 Å². The maximum Gasteiger partial charge on any atom is 0.253 e. The van der Waals surface area contributed by atoms with E-state index in [1.807, 2.05) is 27.7 Å². The first-order valence-corrected chi connectivity index (χ1v) is 15.5. The van der Waals surface area contributed by atoms with E-state index in [0.717, 1.165) is 12.8 Å². The summed E-state index contributed by atoms with van der Waals surface area (Å²) < 4.78 is 0. The summed E-state index contributed by atoms with van der Waals surface area (Å²) in [6, 6.07) is 0. The Morgan fingerprint density at radius 1 is 0.478 bits per heavy atom. The summed E-state index contributed by atoms with van der Waals surface area (Å²) in [5.41, 5.74) is -0.337. The molecule has 2 unspecified atom stereocenters. The Morgan fingerprint density at radius 3 is 1.26 bits per heavy atom. The number of hydrogen-bond donors (Lipinski definition) is 0. The lowest BCUT2D eigenvalue weighted by molar-refractivity contribution is -0.140. The van der Waals surface area contributed by atoms with Crippen LogP contribution in [0.5, 0.6) is 0 Å². The molecule has 2 atom stereocenters. The van der Waals surface area contributed by atoms with Crippen molar-refractivity contribution in [3.8, 4) is 0 Å². The highest BCUT2D eigenvalue weighted by Crippen LogP contribution is 2.31. The van der Waals surface area contributed by atoms with Gasteiger partial charge in [0.25, 0.3) is 47.3 Å². The van der Waals surface area contributed by atoms with Gasteiger partial charge in [0.2, 0.25) is 0 Å². The van der Waals surface area contributed by atoms with Crippen LogP contribution in [0, 0.1) is 22.7 Å². The summed E-state index contributed by atoms with van der Waals surface area (Å²) in [6.45, 7) is 13.7. The molecule has 0 saturated heterocycles. The molecule has 0 spiro atoms. The minimum Gasteiger partial charge on any atom is -0.275 e. The van der Waals surface area contributed by atoms with Crippen molar-refractivity contribution in [3.05, 3.63) is 48.6 Å². The van der Waals surface area contributed by atoms with Crippen molar-refractivity contribution in [2.75, 3.05) is 26.2 Å². The molecular formula is C34H44N4O8. The quantitative estimate of drug-likeness (QED) is 0.264. The van der Waals surface area contributed by atoms with Crippen LogP contribution in [-0.2, 0) is 38.4 Å². The van der Waals surface area contributed by atoms with Gasteiger partial charge in [-0.25, -0.2) is 0 Å². The van der Waals surface area contributed by atoms with Gasteiger partial charge in [-0.3, -0.25) is 58.0 Å². The van der Waals surface area contributed by atoms with Crippen molar-refractivity contribution < 1.29 is 38.4 Å². The van der Waals surface area contributed by atoms with Crippen LogP contribution in [0.15, 0.2) is 48.6 Å². The second kappa shape index (κ2) is 14.7. The van der Waals surface area contributed by atoms with E-state index in [0.29, 0.717) is 39.0 Å². The maximum absolute atomic E-state index is 11.6. The number of imide groups is 4. The minimum atomic E-state index is -0.268. The van der Waals surface area contributed by atoms with Gasteiger partial charge in [0, 0.05) is 74.8 Å². The molecule has 248 valence electrons. The van der Waals surface area contributed by atoms with Gasteiger partial charge in [0.1, 0.15) is 0 Å². The average Bonchev–Trinajstić information content (AvgIpc) is 3.66. The topological polar surface area (TPSA) is 150 Å². The Morgan fingerprint density at radius 2 is 0.826 bits per heavy atom. The van der Waals surface area contributed by atoms with Gasteiger partial charge in [-0.15, -0.1) is 0 Å². The van der Waals surface area contributed by atoms with Crippen molar-refractivity contribution in [2.24, 2.45) is 22.7 Å². The van der Waals surface area contributed by atoms with Gasteiger partial charge in [-0.1, -0.05) is 41.5 Å². The summed E-state index contributed by atoms with van der Waals surface area (Å²) in [4.78, 5) is 97.6. The summed E-state index contributed by atoms with van der Waals surface area (Å²) in [7, 11) is 0. The lowest BCUT2D eigenvalue weighted by Crippen LogP contribution is -2.39. The third-order valence-corrected chi connectivity index (χ3v) is 8.34. The molecule has 0 radical (unpaired) electrons. The highest BCUT2D eigenvalue weighted by molar-refractivity contribution is 6.14. The van der Waals surface area contributed by atoms with Crippen molar-refractivity contribution >= 4 is 47.3 Å². The predicted molar refractivity (Wildman–Crippen MR) is 168 cm³/mol. The van der Waals surface area contributed by atoms with Crippen LogP contribution in [0.2, 0.25) is 0 Å². The molecule has 0 aromatic carbocycles. The normalized spacial score (nSPS) is 19.4. The summed E-state index contributed by atoms with van der Waals surface area (Å²) in [5.74, 6) is -1.73. The molecule has 0 N–H and O–H groups in total. The van der Waals surface area contributed by atoms with Crippen molar-refractivity contribution in [3.63, 3.8) is 0 Å². The molecule has 4 aliphatic heterocycles. The summed E-state index contributed by atoms with van der Waals surface area (Å²) >= 11 is 0. The van der Waals surface area contributed by atoms with Crippen molar-refractivity contribution in [1.82, 2.24) is 19.6 Å². The molecule has 0 aliphatic carbocycles. The Labute approximate surface area is 269 Å². The predicted octanol–water partition coefficient (Wildman–Crippen LogP) is 2.56. The molecule has 8 amide bonds. The van der Waals surface area contributed by atoms with Crippen molar-refractivity contribution in [2.45, 2.75) is 67.2 Å². The molecule has 0 fully saturated rings. The van der Waals surface area contributed by atoms with E-state index in [4.69, 9.17) is 0 Å². The molecule has 0 saturated carbocycles. The van der Waals surface area contributed by atoms with Gasteiger partial charge in [0.15, 0.2) is 0 Å². The van der Waals surface area contributed by atoms with E-state index in [1.165, 1.54) is 68.2 Å². The number of rotatable bonds is 14. The van der Waals surface area contributed by atoms with Gasteiger partial charge in [0.05, 0.1) is 0 Å². The molecule has 12 nitrogen and oxygen atoms in total. The van der Waals surface area contributed by atoms with E-state index in [2.05, 4.69) is 13.8 Å². The lowest BCUT2D eigenvalue weighted by Gasteiger charge is -2.32. The third-order valence-electron chi connectivity index (χ3n) is 8.34. The Bertz CT molecular complexity index is 1350. The highest BCUT2D eigenvalue weighted by atomic mass is 16.2. The molecule has 0 aromatic heterocycles. The smallest absolute Gasteiger partial charge is 0.253 e. The first-order chi connectivity index (χ1) is 21.4. The molecule has 4 heterocycles. The zero-order valence-corrected chi connectivity index (χ0v) is 27.5. The zero-order chi connectivity index (χ0) is 34.4. The van der Waals surface area contributed by atoms with Crippen LogP contribution in [0.1, 0.15) is 67.2 Å². The van der Waals surface area contributed by atoms with Crippen LogP contribution in [0.4, 0.5) is 0 Å². The van der Waals surface area contributed by atoms with Crippen LogP contribution in [0.25, 0.3) is 0 Å². The fourth-order valence-electron chi connectivity index (χ4n) is 6.22. The average molecular weight is 637 g/mol. The fourth-order valence-corrected chi connectivity index (χ4v) is 6.22. The number of carbonyl (C=O) groups excluding carboxylic acids is 8. The fraction of sp³-hybridized carbons (Fsp3) is 0.529. The minimum absolute atomic E-state index is 0.109. The molecular weight excluding hydrogens is 592 g/mol. The molecule has 46 heavy (non-hydrogen) atoms. The van der Waals surface area contributed by atoms with E-state index >= 15 is 0 Å². The van der Waals surface area contributed by atoms with Crippen LogP contribution >= 0.6 is 0 Å². The van der Waals surface area contributed by atoms with Crippen LogP contribution in [-0.4, -0.2) is 93.0 Å². The summed E-state index contributed by atoms with van der Waals surface area (Å²) in [6.07, 6.45) is 13.3. The first-order valence-electron chi connectivity index (χ1n) is 15.5. The standard InChI is InChI=1S/2C17H22N2O4/c1-12(11-19-15(22)6-7-16(19)23)10-17(2,3)8-9-18-13(20)4-5-14(18)21;1-12(8-9-18-13(20)4-5-14(18)21)10-17(2,3)11-19-15(22)6-7-16(19)23/h2*4-7,12H,8-11H2,1-3H3. The second-order valence-corrected chi connectivity index (χ2v) is 14.0. The Balaban J connectivity index is 0.000000250. The van der Waals surface area contributed by atoms with E-state index < -0.39 is 0 Å². The SMILES string of the molecule is CC(CCN1C(=O)C=CC1=O)CC(C)(C)CN1C(=O)C=CC1=O.CC(CN1C(=O)C=CC1=O)CC(C)(C)CCN1C(=O)C=CC1=O. The molecule has 12 heteroatoms. The summed E-state index contributed by atoms with van der Waals surface area (Å²) in [5, 5.41) is 0. The van der Waals surface area contributed by atoms with E-state index in [9.17, 15) is 38.4 Å². The van der Waals surface area contributed by atoms with E-state index in [-0.39, 0.29) is 69.9 Å². The zero-order valence-electron chi connectivity index (χ0n) is 27.5. The Hall–Kier alpha value is -4.48. The number of hydrogen-bond acceptors (Lipinski definition) is 8. The Kier molecular flexibility index (Phi) is 11.5. The van der Waals surface area contributed by atoms with Gasteiger partial charge in [-0.05, 0) is 48.3 Å². The van der Waals surface area contributed by atoms with Gasteiger partial charge < -0.3 is 0 Å². The number of amides is 8. The van der Waals surface area contributed by atoms with E-state index in [1.54, 1.807) is 0 Å². The molecule has 4 rings (SSSR count). The van der Waals surface area contributed by atoms with Crippen molar-refractivity contribution in [1.29, 1.82) is 0 Å². The third kappa shape index (κ3) is 9.76. The largest absolute Gasteiger partial charge is 0.275 e. The lowest BCUT2D eigenvalue weighted by atomic mass is 9.80. The van der Waals surface area contributed by atoms with Crippen LogP contribution < -0.4 is 0 Å². The first kappa shape index (κ1) is 36.0. The van der Waals surface area contributed by atoms with Gasteiger partial charge >= 0.3 is 0 Å². The van der Waals surface area contributed by atoms with Gasteiger partial charge in [-0.2, -0.15) is 0 Å². The maximum atomic E-state index is 11.6. The molecule has 0 bridgehead atoms. The monoisotopic (exact) mass is 636 g/mol. The molecule has 4 aliphatic rings. The number of carbonyl (C=O) groups is 8. The highest BCUT2D eigenvalue weighted by Gasteiger charge is 2.33.